The molecule has 1 N–H and O–H groups in total. The van der Waals surface area contributed by atoms with E-state index in [1.165, 1.54) is 13.1 Å². The number of hydrogen-bond acceptors (Lipinski definition) is 4. The molecule has 0 amide bonds. The quantitative estimate of drug-likeness (QED) is 0.755. The minimum absolute atomic E-state index is 0.807. The molecular formula is C12H18N4. The third-order valence-electron chi connectivity index (χ3n) is 3.74. The van der Waals surface area contributed by atoms with Gasteiger partial charge in [0.15, 0.2) is 0 Å². The normalized spacial score (nSPS) is 28.5. The van der Waals surface area contributed by atoms with Gasteiger partial charge in [-0.1, -0.05) is 0 Å². The lowest BCUT2D eigenvalue weighted by Crippen LogP contribution is -2.27. The van der Waals surface area contributed by atoms with E-state index in [9.17, 15) is 0 Å². The highest BCUT2D eigenvalue weighted by Crippen LogP contribution is 2.30. The average Bonchev–Trinajstić information content (AvgIpc) is 2.81. The molecular weight excluding hydrogens is 200 g/mol. The zero-order valence-corrected chi connectivity index (χ0v) is 9.90. The highest BCUT2D eigenvalue weighted by atomic mass is 15.2. The molecule has 0 radical (unpaired) electrons. The van der Waals surface area contributed by atoms with Crippen LogP contribution in [0.1, 0.15) is 11.4 Å². The standard InChI is InChI=1S/C12H18N4/c1-8-3-14-9(2)12(15-8)16-6-10-4-13-5-11(10)7-16/h3,10-11,13H,4-7H2,1-2H3/t10-,11+. The zero-order chi connectivity index (χ0) is 11.1. The summed E-state index contributed by atoms with van der Waals surface area (Å²) in [5, 5.41) is 3.46. The van der Waals surface area contributed by atoms with Crippen LogP contribution in [0.2, 0.25) is 0 Å². The van der Waals surface area contributed by atoms with Crippen LogP contribution in [-0.2, 0) is 0 Å². The molecule has 0 aromatic carbocycles. The summed E-state index contributed by atoms with van der Waals surface area (Å²) in [6, 6.07) is 0. The monoisotopic (exact) mass is 218 g/mol. The second-order valence-corrected chi connectivity index (χ2v) is 5.00. The molecule has 2 aliphatic rings. The zero-order valence-electron chi connectivity index (χ0n) is 9.90. The lowest BCUT2D eigenvalue weighted by molar-refractivity contribution is 0.533. The van der Waals surface area contributed by atoms with Crippen LogP contribution in [0.3, 0.4) is 0 Å². The van der Waals surface area contributed by atoms with E-state index in [-0.39, 0.29) is 0 Å². The van der Waals surface area contributed by atoms with E-state index in [0.29, 0.717) is 0 Å². The maximum Gasteiger partial charge on any atom is 0.150 e. The molecule has 2 fully saturated rings. The Labute approximate surface area is 96.1 Å². The van der Waals surface area contributed by atoms with Gasteiger partial charge in [0.2, 0.25) is 0 Å². The first kappa shape index (κ1) is 10.0. The Morgan fingerprint density at radius 2 is 1.94 bits per heavy atom. The van der Waals surface area contributed by atoms with Crippen molar-refractivity contribution in [1.29, 1.82) is 0 Å². The van der Waals surface area contributed by atoms with Crippen LogP contribution in [0.15, 0.2) is 6.20 Å². The van der Waals surface area contributed by atoms with E-state index >= 15 is 0 Å². The van der Waals surface area contributed by atoms with Crippen LogP contribution in [0, 0.1) is 25.7 Å². The number of fused-ring (bicyclic) bond motifs is 1. The first-order valence-corrected chi connectivity index (χ1v) is 6.00. The van der Waals surface area contributed by atoms with E-state index in [0.717, 1.165) is 42.1 Å². The Bertz CT molecular complexity index is 392. The van der Waals surface area contributed by atoms with Crippen molar-refractivity contribution < 1.29 is 0 Å². The number of rotatable bonds is 1. The van der Waals surface area contributed by atoms with E-state index in [1.807, 2.05) is 20.0 Å². The highest BCUT2D eigenvalue weighted by Gasteiger charge is 2.37. The topological polar surface area (TPSA) is 41.1 Å². The molecule has 16 heavy (non-hydrogen) atoms. The molecule has 1 aromatic heterocycles. The first-order valence-electron chi connectivity index (χ1n) is 6.00. The molecule has 2 aliphatic heterocycles. The molecule has 1 aromatic rings. The van der Waals surface area contributed by atoms with Gasteiger partial charge >= 0.3 is 0 Å². The van der Waals surface area contributed by atoms with Crippen molar-refractivity contribution in [2.45, 2.75) is 13.8 Å². The van der Waals surface area contributed by atoms with Gasteiger partial charge in [0.25, 0.3) is 0 Å². The van der Waals surface area contributed by atoms with Gasteiger partial charge in [0.1, 0.15) is 5.82 Å². The molecule has 3 rings (SSSR count). The molecule has 4 heteroatoms. The number of nitrogens with one attached hydrogen (secondary N) is 1. The maximum absolute atomic E-state index is 4.63. The number of aromatic nitrogens is 2. The van der Waals surface area contributed by atoms with Crippen molar-refractivity contribution in [2.24, 2.45) is 11.8 Å². The minimum Gasteiger partial charge on any atom is -0.354 e. The molecule has 0 saturated carbocycles. The van der Waals surface area contributed by atoms with Gasteiger partial charge in [-0.25, -0.2) is 4.98 Å². The summed E-state index contributed by atoms with van der Waals surface area (Å²) in [7, 11) is 0. The number of aryl methyl sites for hydroxylation is 2. The van der Waals surface area contributed by atoms with E-state index in [2.05, 4.69) is 20.2 Å². The van der Waals surface area contributed by atoms with E-state index in [1.54, 1.807) is 0 Å². The summed E-state index contributed by atoms with van der Waals surface area (Å²) >= 11 is 0. The molecule has 86 valence electrons. The minimum atomic E-state index is 0.807. The Morgan fingerprint density at radius 1 is 1.25 bits per heavy atom. The van der Waals surface area contributed by atoms with Crippen molar-refractivity contribution >= 4 is 5.82 Å². The molecule has 3 heterocycles. The van der Waals surface area contributed by atoms with Crippen molar-refractivity contribution in [1.82, 2.24) is 15.3 Å². The van der Waals surface area contributed by atoms with Crippen LogP contribution in [0.4, 0.5) is 5.82 Å². The van der Waals surface area contributed by atoms with Crippen molar-refractivity contribution in [3.8, 4) is 0 Å². The molecule has 4 nitrogen and oxygen atoms in total. The number of anilines is 1. The van der Waals surface area contributed by atoms with Gasteiger partial charge in [0.05, 0.1) is 11.4 Å². The Balaban J connectivity index is 1.85. The summed E-state index contributed by atoms with van der Waals surface area (Å²) in [4.78, 5) is 11.4. The van der Waals surface area contributed by atoms with Gasteiger partial charge in [-0.15, -0.1) is 0 Å². The summed E-state index contributed by atoms with van der Waals surface area (Å²) < 4.78 is 0. The average molecular weight is 218 g/mol. The van der Waals surface area contributed by atoms with Gasteiger partial charge in [-0.05, 0) is 25.7 Å². The first-order chi connectivity index (χ1) is 7.74. The van der Waals surface area contributed by atoms with Crippen LogP contribution in [-0.4, -0.2) is 36.1 Å². The fourth-order valence-electron chi connectivity index (χ4n) is 2.85. The van der Waals surface area contributed by atoms with Crippen molar-refractivity contribution in [3.05, 3.63) is 17.6 Å². The maximum atomic E-state index is 4.63. The molecule has 2 atom stereocenters. The fraction of sp³-hybridized carbons (Fsp3) is 0.667. The second kappa shape index (κ2) is 3.70. The van der Waals surface area contributed by atoms with Crippen molar-refractivity contribution in [2.75, 3.05) is 31.1 Å². The lowest BCUT2D eigenvalue weighted by atomic mass is 10.0. The van der Waals surface area contributed by atoms with E-state index < -0.39 is 0 Å². The van der Waals surface area contributed by atoms with Gasteiger partial charge in [-0.2, -0.15) is 0 Å². The largest absolute Gasteiger partial charge is 0.354 e. The number of hydrogen-bond donors (Lipinski definition) is 1. The van der Waals surface area contributed by atoms with Crippen LogP contribution in [0.5, 0.6) is 0 Å². The smallest absolute Gasteiger partial charge is 0.150 e. The van der Waals surface area contributed by atoms with Crippen LogP contribution >= 0.6 is 0 Å². The lowest BCUT2D eigenvalue weighted by Gasteiger charge is -2.20. The molecule has 2 saturated heterocycles. The summed E-state index contributed by atoms with van der Waals surface area (Å²) in [6.07, 6.45) is 1.84. The molecule has 0 unspecified atom stereocenters. The molecule has 0 aliphatic carbocycles. The van der Waals surface area contributed by atoms with Crippen LogP contribution in [0.25, 0.3) is 0 Å². The van der Waals surface area contributed by atoms with Crippen molar-refractivity contribution in [3.63, 3.8) is 0 Å². The highest BCUT2D eigenvalue weighted by molar-refractivity contribution is 5.45. The summed E-state index contributed by atoms with van der Waals surface area (Å²) in [5.41, 5.74) is 2.06. The Kier molecular flexibility index (Phi) is 2.32. The fourth-order valence-corrected chi connectivity index (χ4v) is 2.85. The van der Waals surface area contributed by atoms with E-state index in [4.69, 9.17) is 0 Å². The van der Waals surface area contributed by atoms with Crippen LogP contribution < -0.4 is 10.2 Å². The van der Waals surface area contributed by atoms with Gasteiger partial charge in [0, 0.05) is 32.4 Å². The van der Waals surface area contributed by atoms with Gasteiger partial charge < -0.3 is 10.2 Å². The Morgan fingerprint density at radius 3 is 2.62 bits per heavy atom. The summed E-state index contributed by atoms with van der Waals surface area (Å²) in [5.74, 6) is 2.71. The second-order valence-electron chi connectivity index (χ2n) is 5.00. The molecule has 0 spiro atoms. The number of nitrogens with zero attached hydrogens (tertiary/aromatic N) is 3. The molecule has 0 bridgehead atoms. The Hall–Kier alpha value is -1.16. The predicted molar refractivity (Wildman–Crippen MR) is 63.6 cm³/mol. The predicted octanol–water partition coefficient (Wildman–Crippen LogP) is 0.749. The third-order valence-corrected chi connectivity index (χ3v) is 3.74. The SMILES string of the molecule is Cc1cnc(C)c(N2C[C@H]3CNC[C@H]3C2)n1. The van der Waals surface area contributed by atoms with Gasteiger partial charge in [-0.3, -0.25) is 4.98 Å². The third kappa shape index (κ3) is 1.57. The summed E-state index contributed by atoms with van der Waals surface area (Å²) in [6.45, 7) is 8.66.